The van der Waals surface area contributed by atoms with Crippen LogP contribution in [0, 0.1) is 5.92 Å². The van der Waals surface area contributed by atoms with E-state index in [1.54, 1.807) is 0 Å². The molecule has 2 N–H and O–H groups in total. The summed E-state index contributed by atoms with van der Waals surface area (Å²) in [4.78, 5) is 14.5. The first-order valence-corrected chi connectivity index (χ1v) is 6.57. The second kappa shape index (κ2) is 4.76. The molecule has 4 heteroatoms. The molecule has 1 amide bonds. The molecule has 1 aliphatic carbocycles. The third kappa shape index (κ3) is 2.05. The zero-order chi connectivity index (χ0) is 13.3. The third-order valence-electron chi connectivity index (χ3n) is 4.31. The van der Waals surface area contributed by atoms with E-state index in [1.807, 2.05) is 20.2 Å². The summed E-state index contributed by atoms with van der Waals surface area (Å²) >= 11 is 0. The summed E-state index contributed by atoms with van der Waals surface area (Å²) in [6.45, 7) is 8.84. The predicted molar refractivity (Wildman–Crippen MR) is 73.0 cm³/mol. The number of likely N-dealkylation sites (tertiary alicyclic amines) is 1. The van der Waals surface area contributed by atoms with Crippen LogP contribution in [0.3, 0.4) is 0 Å². The quantitative estimate of drug-likeness (QED) is 0.711. The lowest BCUT2D eigenvalue weighted by atomic mass is 10.1. The van der Waals surface area contributed by atoms with E-state index < -0.39 is 0 Å². The van der Waals surface area contributed by atoms with Crippen LogP contribution in [0.2, 0.25) is 0 Å². The van der Waals surface area contributed by atoms with Gasteiger partial charge >= 0.3 is 0 Å². The molecule has 0 aromatic heterocycles. The van der Waals surface area contributed by atoms with Crippen LogP contribution in [0.4, 0.5) is 0 Å². The van der Waals surface area contributed by atoms with Crippen molar-refractivity contribution in [3.8, 4) is 0 Å². The lowest BCUT2D eigenvalue weighted by molar-refractivity contribution is -0.125. The number of hydrogen-bond donors (Lipinski definition) is 2. The van der Waals surface area contributed by atoms with Gasteiger partial charge in [0.2, 0.25) is 5.91 Å². The van der Waals surface area contributed by atoms with Crippen molar-refractivity contribution in [2.24, 2.45) is 5.92 Å². The van der Waals surface area contributed by atoms with Crippen molar-refractivity contribution in [2.45, 2.75) is 30.8 Å². The molecule has 100 valence electrons. The van der Waals surface area contributed by atoms with Crippen molar-refractivity contribution in [2.75, 3.05) is 20.6 Å². The smallest absolute Gasteiger partial charge is 0.238 e. The maximum Gasteiger partial charge on any atom is 0.238 e. The van der Waals surface area contributed by atoms with E-state index in [0.29, 0.717) is 5.92 Å². The normalized spacial score (nSPS) is 35.0. The fourth-order valence-electron chi connectivity index (χ4n) is 2.91. The molecule has 1 aliphatic heterocycles. The highest BCUT2D eigenvalue weighted by atomic mass is 16.2. The molecule has 1 heterocycles. The maximum atomic E-state index is 12.3. The van der Waals surface area contributed by atoms with Crippen LogP contribution in [-0.4, -0.2) is 43.0 Å². The molecule has 1 saturated carbocycles. The summed E-state index contributed by atoms with van der Waals surface area (Å²) in [5.74, 6) is 0.420. The molecule has 0 spiro atoms. The molecule has 3 unspecified atom stereocenters. The van der Waals surface area contributed by atoms with Gasteiger partial charge in [-0.1, -0.05) is 12.7 Å². The van der Waals surface area contributed by atoms with Crippen LogP contribution in [0.5, 0.6) is 0 Å². The SMILES string of the molecule is C=CC1CC1(NC(=O)C1CCCN1C)C(=C)NC. The molecule has 1 saturated heterocycles. The maximum absolute atomic E-state index is 12.3. The van der Waals surface area contributed by atoms with E-state index in [4.69, 9.17) is 0 Å². The van der Waals surface area contributed by atoms with Crippen molar-refractivity contribution in [3.05, 3.63) is 24.9 Å². The average molecular weight is 249 g/mol. The predicted octanol–water partition coefficient (Wildman–Crippen LogP) is 0.875. The fraction of sp³-hybridized carbons (Fsp3) is 0.643. The molecular weight excluding hydrogens is 226 g/mol. The van der Waals surface area contributed by atoms with E-state index in [-0.39, 0.29) is 17.5 Å². The summed E-state index contributed by atoms with van der Waals surface area (Å²) in [6, 6.07) is 0.0117. The van der Waals surface area contributed by atoms with Gasteiger partial charge in [0.1, 0.15) is 0 Å². The first kappa shape index (κ1) is 13.1. The molecule has 0 aromatic carbocycles. The van der Waals surface area contributed by atoms with Gasteiger partial charge in [-0.15, -0.1) is 6.58 Å². The topological polar surface area (TPSA) is 44.4 Å². The number of nitrogens with one attached hydrogen (secondary N) is 2. The summed E-state index contributed by atoms with van der Waals surface area (Å²) < 4.78 is 0. The van der Waals surface area contributed by atoms with Crippen LogP contribution < -0.4 is 10.6 Å². The van der Waals surface area contributed by atoms with E-state index in [0.717, 1.165) is 31.5 Å². The van der Waals surface area contributed by atoms with Gasteiger partial charge in [-0.05, 0) is 32.9 Å². The Balaban J connectivity index is 2.04. The zero-order valence-electron chi connectivity index (χ0n) is 11.3. The Morgan fingerprint density at radius 1 is 1.56 bits per heavy atom. The minimum Gasteiger partial charge on any atom is -0.390 e. The molecule has 2 fully saturated rings. The monoisotopic (exact) mass is 249 g/mol. The first-order valence-electron chi connectivity index (χ1n) is 6.57. The van der Waals surface area contributed by atoms with Gasteiger partial charge in [-0.2, -0.15) is 0 Å². The van der Waals surface area contributed by atoms with Crippen molar-refractivity contribution < 1.29 is 4.79 Å². The summed E-state index contributed by atoms with van der Waals surface area (Å²) in [5, 5.41) is 6.25. The summed E-state index contributed by atoms with van der Waals surface area (Å²) in [6.07, 6.45) is 4.85. The second-order valence-corrected chi connectivity index (χ2v) is 5.37. The lowest BCUT2D eigenvalue weighted by Crippen LogP contribution is -2.50. The van der Waals surface area contributed by atoms with Gasteiger partial charge in [0.25, 0.3) is 0 Å². The van der Waals surface area contributed by atoms with Gasteiger partial charge in [0.05, 0.1) is 11.6 Å². The minimum absolute atomic E-state index is 0.0117. The average Bonchev–Trinajstić information content (AvgIpc) is 2.91. The molecule has 18 heavy (non-hydrogen) atoms. The van der Waals surface area contributed by atoms with Gasteiger partial charge < -0.3 is 10.6 Å². The highest BCUT2D eigenvalue weighted by Gasteiger charge is 2.56. The number of carbonyl (C=O) groups is 1. The lowest BCUT2D eigenvalue weighted by Gasteiger charge is -2.26. The number of hydrogen-bond acceptors (Lipinski definition) is 3. The Morgan fingerprint density at radius 3 is 2.72 bits per heavy atom. The van der Waals surface area contributed by atoms with E-state index >= 15 is 0 Å². The highest BCUT2D eigenvalue weighted by molar-refractivity contribution is 5.84. The van der Waals surface area contributed by atoms with Crippen LogP contribution in [0.1, 0.15) is 19.3 Å². The van der Waals surface area contributed by atoms with Crippen LogP contribution >= 0.6 is 0 Å². The zero-order valence-corrected chi connectivity index (χ0v) is 11.3. The standard InChI is InChI=1S/C14H23N3O/c1-5-11-9-14(11,10(2)15-3)16-13(18)12-7-6-8-17(12)4/h5,11-12,15H,1-2,6-9H2,3-4H3,(H,16,18). The largest absolute Gasteiger partial charge is 0.390 e. The van der Waals surface area contributed by atoms with Gasteiger partial charge in [-0.3, -0.25) is 9.69 Å². The van der Waals surface area contributed by atoms with Crippen molar-refractivity contribution in [1.82, 2.24) is 15.5 Å². The molecule has 2 rings (SSSR count). The first-order chi connectivity index (χ1) is 8.55. The molecular formula is C14H23N3O. The molecule has 2 aliphatic rings. The van der Waals surface area contributed by atoms with E-state index in [2.05, 4.69) is 28.7 Å². The molecule has 0 radical (unpaired) electrons. The Labute approximate surface area is 109 Å². The van der Waals surface area contributed by atoms with Gasteiger partial charge in [0.15, 0.2) is 0 Å². The van der Waals surface area contributed by atoms with Crippen LogP contribution in [0.15, 0.2) is 24.9 Å². The third-order valence-corrected chi connectivity index (χ3v) is 4.31. The molecule has 0 bridgehead atoms. The van der Waals surface area contributed by atoms with Crippen LogP contribution in [0.25, 0.3) is 0 Å². The van der Waals surface area contributed by atoms with Crippen molar-refractivity contribution in [1.29, 1.82) is 0 Å². The summed E-state index contributed by atoms with van der Waals surface area (Å²) in [5.41, 5.74) is 0.568. The number of likely N-dealkylation sites (N-methyl/N-ethyl adjacent to an activating group) is 2. The van der Waals surface area contributed by atoms with Gasteiger partial charge in [0, 0.05) is 18.7 Å². The molecule has 4 nitrogen and oxygen atoms in total. The number of carbonyl (C=O) groups excluding carboxylic acids is 1. The minimum atomic E-state index is -0.309. The number of nitrogens with zero attached hydrogens (tertiary/aromatic N) is 1. The van der Waals surface area contributed by atoms with E-state index in [9.17, 15) is 4.79 Å². The second-order valence-electron chi connectivity index (χ2n) is 5.37. The number of rotatable bonds is 5. The molecule has 3 atom stereocenters. The Bertz CT molecular complexity index is 379. The highest BCUT2D eigenvalue weighted by Crippen LogP contribution is 2.48. The van der Waals surface area contributed by atoms with Crippen LogP contribution in [-0.2, 0) is 4.79 Å². The van der Waals surface area contributed by atoms with Crippen molar-refractivity contribution in [3.63, 3.8) is 0 Å². The Kier molecular flexibility index (Phi) is 3.48. The van der Waals surface area contributed by atoms with E-state index in [1.165, 1.54) is 0 Å². The van der Waals surface area contributed by atoms with Crippen molar-refractivity contribution >= 4 is 5.91 Å². The number of amides is 1. The summed E-state index contributed by atoms with van der Waals surface area (Å²) in [7, 11) is 3.85. The Morgan fingerprint density at radius 2 is 2.28 bits per heavy atom. The molecule has 0 aromatic rings. The van der Waals surface area contributed by atoms with Gasteiger partial charge in [-0.25, -0.2) is 0 Å². The Hall–Kier alpha value is -1.29. The fourth-order valence-corrected chi connectivity index (χ4v) is 2.91.